The molecule has 8 heteroatoms. The smallest absolute Gasteiger partial charge is 0.338 e. The van der Waals surface area contributed by atoms with Crippen molar-refractivity contribution in [3.63, 3.8) is 0 Å². The Hall–Kier alpha value is -4.30. The lowest BCUT2D eigenvalue weighted by molar-refractivity contribution is -0.136. The lowest BCUT2D eigenvalue weighted by Gasteiger charge is -2.27. The maximum Gasteiger partial charge on any atom is 0.338 e. The minimum Gasteiger partial charge on any atom is -0.466 e. The fraction of sp³-hybridized carbons (Fsp3) is 0.167. The molecule has 38 heavy (non-hydrogen) atoms. The van der Waals surface area contributed by atoms with E-state index in [0.717, 1.165) is 22.2 Å². The molecule has 5 aromatic rings. The highest BCUT2D eigenvalue weighted by Crippen LogP contribution is 2.40. The van der Waals surface area contributed by atoms with Crippen molar-refractivity contribution in [3.8, 4) is 0 Å². The lowest BCUT2D eigenvalue weighted by atomic mass is 9.95. The van der Waals surface area contributed by atoms with E-state index in [-0.39, 0.29) is 5.97 Å². The van der Waals surface area contributed by atoms with Gasteiger partial charge in [0.05, 0.1) is 12.7 Å². The molecule has 0 saturated heterocycles. The predicted molar refractivity (Wildman–Crippen MR) is 150 cm³/mol. The number of hydrogen-bond donors (Lipinski definition) is 1. The van der Waals surface area contributed by atoms with Gasteiger partial charge in [-0.2, -0.15) is 4.98 Å². The van der Waals surface area contributed by atoms with Crippen molar-refractivity contribution in [2.24, 2.45) is 0 Å². The third-order valence-electron chi connectivity index (χ3n) is 6.76. The van der Waals surface area contributed by atoms with Crippen LogP contribution in [0.1, 0.15) is 29.7 Å². The number of nitrogens with one attached hydrogen (secondary N) is 1. The van der Waals surface area contributed by atoms with Gasteiger partial charge < -0.3 is 14.6 Å². The van der Waals surface area contributed by atoms with Gasteiger partial charge in [0.1, 0.15) is 6.04 Å². The van der Waals surface area contributed by atoms with Gasteiger partial charge in [-0.1, -0.05) is 90.6 Å². The zero-order chi connectivity index (χ0) is 26.1. The molecule has 7 nitrogen and oxygen atoms in total. The molecule has 1 aliphatic rings. The van der Waals surface area contributed by atoms with Crippen molar-refractivity contribution < 1.29 is 9.53 Å². The number of anilines is 1. The summed E-state index contributed by atoms with van der Waals surface area (Å²) < 4.78 is 9.29. The van der Waals surface area contributed by atoms with Crippen LogP contribution in [0.3, 0.4) is 0 Å². The first-order valence-electron chi connectivity index (χ1n) is 12.4. The van der Waals surface area contributed by atoms with Gasteiger partial charge in [-0.25, -0.2) is 9.48 Å². The summed E-state index contributed by atoms with van der Waals surface area (Å²) in [5.74, 6) is 0.969. The number of thioether (sulfide) groups is 1. The van der Waals surface area contributed by atoms with E-state index in [1.165, 1.54) is 18.2 Å². The predicted octanol–water partition coefficient (Wildman–Crippen LogP) is 6.04. The summed E-state index contributed by atoms with van der Waals surface area (Å²) in [6.07, 6.45) is 2.13. The number of allylic oxidation sites excluding steroid dienone is 1. The largest absolute Gasteiger partial charge is 0.466 e. The molecule has 1 N–H and O–H groups in total. The number of methoxy groups -OCH3 is 1. The second kappa shape index (κ2) is 10.2. The van der Waals surface area contributed by atoms with Gasteiger partial charge in [-0.15, -0.1) is 5.10 Å². The van der Waals surface area contributed by atoms with Gasteiger partial charge in [-0.05, 0) is 24.1 Å². The molecule has 0 spiro atoms. The van der Waals surface area contributed by atoms with Crippen LogP contribution in [0, 0.1) is 0 Å². The maximum atomic E-state index is 13.1. The van der Waals surface area contributed by atoms with Crippen molar-refractivity contribution >= 4 is 34.6 Å². The minimum absolute atomic E-state index is 0.389. The van der Waals surface area contributed by atoms with E-state index in [4.69, 9.17) is 14.8 Å². The van der Waals surface area contributed by atoms with Crippen LogP contribution in [0.5, 0.6) is 0 Å². The monoisotopic (exact) mass is 521 g/mol. The van der Waals surface area contributed by atoms with Crippen LogP contribution < -0.4 is 5.32 Å². The summed E-state index contributed by atoms with van der Waals surface area (Å²) >= 11 is 1.57. The van der Waals surface area contributed by atoms with E-state index in [0.29, 0.717) is 28.9 Å². The van der Waals surface area contributed by atoms with E-state index in [9.17, 15) is 4.79 Å². The number of fused-ring (bicyclic) bond motifs is 2. The average molecular weight is 522 g/mol. The van der Waals surface area contributed by atoms with Gasteiger partial charge in [-0.3, -0.25) is 0 Å². The fourth-order valence-electron chi connectivity index (χ4n) is 4.98. The van der Waals surface area contributed by atoms with Crippen LogP contribution in [0.25, 0.3) is 10.9 Å². The Balaban J connectivity index is 1.45. The van der Waals surface area contributed by atoms with Gasteiger partial charge >= 0.3 is 5.97 Å². The topological polar surface area (TPSA) is 74.0 Å². The van der Waals surface area contributed by atoms with Crippen molar-refractivity contribution in [3.05, 3.63) is 119 Å². The van der Waals surface area contributed by atoms with Crippen molar-refractivity contribution in [1.29, 1.82) is 0 Å². The van der Waals surface area contributed by atoms with Crippen molar-refractivity contribution in [1.82, 2.24) is 19.3 Å². The molecule has 6 rings (SSSR count). The van der Waals surface area contributed by atoms with Gasteiger partial charge in [0.25, 0.3) is 0 Å². The lowest BCUT2D eigenvalue weighted by Crippen LogP contribution is -2.29. The van der Waals surface area contributed by atoms with Crippen LogP contribution in [0.4, 0.5) is 5.95 Å². The van der Waals surface area contributed by atoms with Crippen molar-refractivity contribution in [2.75, 3.05) is 12.4 Å². The number of rotatable bonds is 7. The molecular weight excluding hydrogens is 494 g/mol. The van der Waals surface area contributed by atoms with E-state index in [1.807, 2.05) is 60.1 Å². The minimum atomic E-state index is -0.487. The summed E-state index contributed by atoms with van der Waals surface area (Å²) in [6, 6.07) is 28.4. The molecular formula is C30H27N5O2S. The van der Waals surface area contributed by atoms with Crippen LogP contribution in [-0.4, -0.2) is 32.4 Å². The molecule has 0 amide bonds. The van der Waals surface area contributed by atoms with Crippen LogP contribution in [-0.2, 0) is 21.8 Å². The SMILES string of the molecule is COC(=O)C1=C(C)Nc2nc(SCc3ccccc3)nn2C1c1cn(Cc2ccccc2)c2ccccc12. The van der Waals surface area contributed by atoms with Gasteiger partial charge in [0.2, 0.25) is 11.1 Å². The highest BCUT2D eigenvalue weighted by Gasteiger charge is 2.36. The molecule has 1 aliphatic heterocycles. The summed E-state index contributed by atoms with van der Waals surface area (Å²) in [6.45, 7) is 2.60. The van der Waals surface area contributed by atoms with E-state index in [1.54, 1.807) is 11.8 Å². The Kier molecular flexibility index (Phi) is 6.47. The number of nitrogens with zero attached hydrogens (tertiary/aromatic N) is 4. The Morgan fingerprint density at radius 1 is 0.974 bits per heavy atom. The summed E-state index contributed by atoms with van der Waals surface area (Å²) in [5.41, 5.74) is 5.69. The quantitative estimate of drug-likeness (QED) is 0.208. The summed E-state index contributed by atoms with van der Waals surface area (Å²) in [7, 11) is 1.41. The Morgan fingerprint density at radius 2 is 1.66 bits per heavy atom. The molecule has 0 radical (unpaired) electrons. The van der Waals surface area contributed by atoms with E-state index < -0.39 is 6.04 Å². The second-order valence-corrected chi connectivity index (χ2v) is 10.2. The molecule has 0 aliphatic carbocycles. The number of esters is 1. The summed E-state index contributed by atoms with van der Waals surface area (Å²) in [5, 5.41) is 9.87. The van der Waals surface area contributed by atoms with E-state index >= 15 is 0 Å². The number of carbonyl (C=O) groups excluding carboxylic acids is 1. The van der Waals surface area contributed by atoms with E-state index in [2.05, 4.69) is 52.5 Å². The number of benzene rings is 3. The van der Waals surface area contributed by atoms with Gasteiger partial charge in [0, 0.05) is 40.7 Å². The number of aromatic nitrogens is 4. The highest BCUT2D eigenvalue weighted by molar-refractivity contribution is 7.98. The van der Waals surface area contributed by atoms with Crippen molar-refractivity contribution in [2.45, 2.75) is 30.4 Å². The average Bonchev–Trinajstić information content (AvgIpc) is 3.53. The molecule has 0 bridgehead atoms. The Bertz CT molecular complexity index is 1640. The zero-order valence-electron chi connectivity index (χ0n) is 21.2. The first-order chi connectivity index (χ1) is 18.6. The molecule has 3 aromatic carbocycles. The number of ether oxygens (including phenoxy) is 1. The third-order valence-corrected chi connectivity index (χ3v) is 7.67. The normalized spacial score (nSPS) is 14.8. The number of carbonyl (C=O) groups is 1. The first-order valence-corrected chi connectivity index (χ1v) is 13.4. The Labute approximate surface area is 225 Å². The first kappa shape index (κ1) is 24.1. The molecule has 1 atom stereocenters. The number of hydrogen-bond acceptors (Lipinski definition) is 6. The molecule has 0 fully saturated rings. The van der Waals surface area contributed by atoms with Crippen LogP contribution in [0.15, 0.2) is 108 Å². The molecule has 2 aromatic heterocycles. The highest BCUT2D eigenvalue weighted by atomic mass is 32.2. The molecule has 1 unspecified atom stereocenters. The fourth-order valence-corrected chi connectivity index (χ4v) is 5.77. The number of para-hydroxylation sites is 1. The maximum absolute atomic E-state index is 13.1. The third kappa shape index (κ3) is 4.48. The molecule has 0 saturated carbocycles. The Morgan fingerprint density at radius 3 is 2.39 bits per heavy atom. The van der Waals surface area contributed by atoms with Gasteiger partial charge in [0.15, 0.2) is 0 Å². The standard InChI is InChI=1S/C30H27N5O2S/c1-20-26(28(36)37-2)27(35-29(31-20)32-30(33-35)38-19-22-13-7-4-8-14-22)24-18-34(17-21-11-5-3-6-12-21)25-16-10-9-15-23(24)25/h3-16,18,27H,17,19H2,1-2H3,(H,31,32,33). The molecule has 190 valence electrons. The summed E-state index contributed by atoms with van der Waals surface area (Å²) in [4.78, 5) is 17.9. The zero-order valence-corrected chi connectivity index (χ0v) is 22.0. The second-order valence-electron chi connectivity index (χ2n) is 9.21. The van der Waals surface area contributed by atoms with Crippen LogP contribution >= 0.6 is 11.8 Å². The van der Waals surface area contributed by atoms with Crippen LogP contribution in [0.2, 0.25) is 0 Å². The molecule has 3 heterocycles.